The minimum atomic E-state index is -0.765. The molecule has 1 N–H and O–H groups in total. The summed E-state index contributed by atoms with van der Waals surface area (Å²) < 4.78 is 21.7. The highest BCUT2D eigenvalue weighted by Gasteiger charge is 2.25. The fourth-order valence-electron chi connectivity index (χ4n) is 3.41. The number of fused-ring (bicyclic) bond motifs is 1. The van der Waals surface area contributed by atoms with Crippen LogP contribution in [-0.2, 0) is 0 Å². The van der Waals surface area contributed by atoms with Crippen molar-refractivity contribution in [2.75, 3.05) is 5.32 Å². The largest absolute Gasteiger partial charge is 0.474 e. The second-order valence-electron chi connectivity index (χ2n) is 8.10. The summed E-state index contributed by atoms with van der Waals surface area (Å²) in [7, 11) is 0. The van der Waals surface area contributed by atoms with E-state index in [1.54, 1.807) is 25.1 Å². The third kappa shape index (κ3) is 4.22. The molecule has 4 aromatic rings. The van der Waals surface area contributed by atoms with Crippen molar-refractivity contribution in [1.29, 1.82) is 0 Å². The van der Waals surface area contributed by atoms with Crippen LogP contribution in [0.3, 0.4) is 0 Å². The molecule has 34 heavy (non-hydrogen) atoms. The Labute approximate surface area is 198 Å². The van der Waals surface area contributed by atoms with Crippen LogP contribution in [0, 0.1) is 19.7 Å². The predicted molar refractivity (Wildman–Crippen MR) is 125 cm³/mol. The summed E-state index contributed by atoms with van der Waals surface area (Å²) in [6.07, 6.45) is 3.56. The van der Waals surface area contributed by atoms with Crippen molar-refractivity contribution in [2.24, 2.45) is 0 Å². The summed E-state index contributed by atoms with van der Waals surface area (Å²) in [5.41, 5.74) is 0.992. The number of ether oxygens (including phenoxy) is 1. The molecule has 0 radical (unpaired) electrons. The Morgan fingerprint density at radius 1 is 1.21 bits per heavy atom. The molecule has 1 fully saturated rings. The molecule has 8 nitrogen and oxygen atoms in total. The number of rotatable bonds is 5. The first-order chi connectivity index (χ1) is 16.3. The average Bonchev–Trinajstić information content (AvgIpc) is 3.60. The van der Waals surface area contributed by atoms with Crippen molar-refractivity contribution < 1.29 is 13.9 Å². The molecule has 0 atom stereocenters. The molecule has 10 heteroatoms. The van der Waals surface area contributed by atoms with Gasteiger partial charge in [-0.1, -0.05) is 11.6 Å². The molecule has 5 rings (SSSR count). The topological polar surface area (TPSA) is 99.0 Å². The quantitative estimate of drug-likeness (QED) is 0.456. The normalized spacial score (nSPS) is 13.2. The van der Waals surface area contributed by atoms with Gasteiger partial charge in [0.25, 0.3) is 5.91 Å². The first-order valence-electron chi connectivity index (χ1n) is 10.6. The van der Waals surface area contributed by atoms with Gasteiger partial charge < -0.3 is 10.1 Å². The van der Waals surface area contributed by atoms with E-state index in [-0.39, 0.29) is 27.8 Å². The Hall–Kier alpha value is -3.85. The number of halogens is 2. The number of nitrogens with one attached hydrogen (secondary N) is 1. The van der Waals surface area contributed by atoms with Gasteiger partial charge in [0.15, 0.2) is 5.69 Å². The molecular formula is C24H19ClFN5O3. The Morgan fingerprint density at radius 3 is 2.74 bits per heavy atom. The Balaban J connectivity index is 1.62. The summed E-state index contributed by atoms with van der Waals surface area (Å²) >= 11 is 5.90. The van der Waals surface area contributed by atoms with Crippen LogP contribution in [0.5, 0.6) is 5.88 Å². The van der Waals surface area contributed by atoms with Crippen LogP contribution in [0.4, 0.5) is 10.1 Å². The summed E-state index contributed by atoms with van der Waals surface area (Å²) in [5.74, 6) is -1.05. The number of pyridine rings is 2. The highest BCUT2D eigenvalue weighted by molar-refractivity contribution is 6.30. The monoisotopic (exact) mass is 479 g/mol. The second kappa shape index (κ2) is 8.49. The van der Waals surface area contributed by atoms with E-state index in [1.807, 2.05) is 6.92 Å². The number of anilines is 1. The number of carbonyl (C=O) groups excluding carboxylic acids is 1. The highest BCUT2D eigenvalue weighted by atomic mass is 35.5. The smallest absolute Gasteiger partial charge is 0.280 e. The molecule has 0 saturated heterocycles. The van der Waals surface area contributed by atoms with Gasteiger partial charge in [-0.15, -0.1) is 0 Å². The van der Waals surface area contributed by atoms with E-state index in [0.29, 0.717) is 17.3 Å². The number of carbonyl (C=O) groups is 1. The van der Waals surface area contributed by atoms with E-state index >= 15 is 0 Å². The van der Waals surface area contributed by atoms with Crippen LogP contribution in [0.25, 0.3) is 16.7 Å². The average molecular weight is 480 g/mol. The van der Waals surface area contributed by atoms with Gasteiger partial charge in [-0.25, -0.2) is 19.0 Å². The van der Waals surface area contributed by atoms with E-state index in [2.05, 4.69) is 20.4 Å². The third-order valence-electron chi connectivity index (χ3n) is 5.46. The van der Waals surface area contributed by atoms with E-state index in [0.717, 1.165) is 24.5 Å². The summed E-state index contributed by atoms with van der Waals surface area (Å²) in [5, 5.41) is 7.09. The molecule has 1 aliphatic rings. The van der Waals surface area contributed by atoms with Crippen molar-refractivity contribution in [3.8, 4) is 11.6 Å². The summed E-state index contributed by atoms with van der Waals surface area (Å²) in [6, 6.07) is 8.89. The fourth-order valence-corrected chi connectivity index (χ4v) is 3.57. The van der Waals surface area contributed by atoms with Crippen molar-refractivity contribution >= 4 is 34.2 Å². The second-order valence-corrected chi connectivity index (χ2v) is 8.53. The fraction of sp³-hybridized carbons (Fsp3) is 0.208. The first-order valence-corrected chi connectivity index (χ1v) is 11.0. The predicted octanol–water partition coefficient (Wildman–Crippen LogP) is 4.38. The maximum Gasteiger partial charge on any atom is 0.280 e. The SMILES string of the molecule is Cc1cc2c(nc1C)c(=O)c(C(=O)Nc1ccnc(OC3CC3)c1)nn2-c1ccc(Cl)cc1F. The number of amides is 1. The van der Waals surface area contributed by atoms with Crippen molar-refractivity contribution in [3.63, 3.8) is 0 Å². The van der Waals surface area contributed by atoms with Gasteiger partial charge in [0.2, 0.25) is 11.3 Å². The van der Waals surface area contributed by atoms with Gasteiger partial charge in [0, 0.05) is 28.7 Å². The zero-order chi connectivity index (χ0) is 24.0. The van der Waals surface area contributed by atoms with Crippen LogP contribution in [-0.4, -0.2) is 31.8 Å². The molecule has 0 spiro atoms. The number of aromatic nitrogens is 4. The summed E-state index contributed by atoms with van der Waals surface area (Å²) in [4.78, 5) is 34.8. The molecule has 0 aliphatic heterocycles. The van der Waals surface area contributed by atoms with Gasteiger partial charge in [0.05, 0.1) is 5.52 Å². The number of hydrogen-bond donors (Lipinski definition) is 1. The number of benzene rings is 1. The van der Waals surface area contributed by atoms with Crippen LogP contribution in [0.1, 0.15) is 34.6 Å². The van der Waals surface area contributed by atoms with Crippen molar-refractivity contribution in [1.82, 2.24) is 19.7 Å². The highest BCUT2D eigenvalue weighted by Crippen LogP contribution is 2.27. The minimum absolute atomic E-state index is 0.00471. The molecule has 3 heterocycles. The lowest BCUT2D eigenvalue weighted by atomic mass is 10.1. The van der Waals surface area contributed by atoms with Gasteiger partial charge in [-0.2, -0.15) is 5.10 Å². The molecule has 1 aromatic carbocycles. The lowest BCUT2D eigenvalue weighted by molar-refractivity contribution is 0.102. The first kappa shape index (κ1) is 22.0. The van der Waals surface area contributed by atoms with E-state index in [1.165, 1.54) is 23.0 Å². The van der Waals surface area contributed by atoms with Crippen LogP contribution < -0.4 is 15.5 Å². The van der Waals surface area contributed by atoms with Gasteiger partial charge in [-0.3, -0.25) is 9.59 Å². The molecule has 0 bridgehead atoms. The summed E-state index contributed by atoms with van der Waals surface area (Å²) in [6.45, 7) is 3.57. The van der Waals surface area contributed by atoms with Gasteiger partial charge >= 0.3 is 0 Å². The standard InChI is InChI=1S/C24H19ClFN5O3/c1-12-9-19-21(28-13(12)2)23(32)22(30-31(19)18-6-3-14(25)10-17(18)26)24(33)29-15-7-8-27-20(11-15)34-16-4-5-16/h3,6-11,16H,4-5H2,1-2H3,(H,27,29,33). The zero-order valence-corrected chi connectivity index (χ0v) is 19.1. The molecule has 1 saturated carbocycles. The number of aryl methyl sites for hydroxylation is 2. The molecular weight excluding hydrogens is 461 g/mol. The molecule has 3 aromatic heterocycles. The lowest BCUT2D eigenvalue weighted by Crippen LogP contribution is -2.28. The van der Waals surface area contributed by atoms with E-state index < -0.39 is 22.8 Å². The number of hydrogen-bond acceptors (Lipinski definition) is 6. The molecule has 1 aliphatic carbocycles. The Morgan fingerprint density at radius 2 is 2.00 bits per heavy atom. The van der Waals surface area contributed by atoms with Crippen LogP contribution in [0.15, 0.2) is 47.4 Å². The lowest BCUT2D eigenvalue weighted by Gasteiger charge is -2.14. The van der Waals surface area contributed by atoms with Crippen LogP contribution in [0.2, 0.25) is 5.02 Å². The Kier molecular flexibility index (Phi) is 5.49. The molecule has 172 valence electrons. The third-order valence-corrected chi connectivity index (χ3v) is 5.70. The molecule has 1 amide bonds. The van der Waals surface area contributed by atoms with Gasteiger partial charge in [0.1, 0.15) is 23.1 Å². The maximum atomic E-state index is 14.8. The van der Waals surface area contributed by atoms with Crippen LogP contribution >= 0.6 is 11.6 Å². The van der Waals surface area contributed by atoms with E-state index in [9.17, 15) is 14.0 Å². The Bertz CT molecular complexity index is 1520. The minimum Gasteiger partial charge on any atom is -0.474 e. The maximum absolute atomic E-state index is 14.8. The number of nitrogens with zero attached hydrogens (tertiary/aromatic N) is 4. The van der Waals surface area contributed by atoms with E-state index in [4.69, 9.17) is 16.3 Å². The van der Waals surface area contributed by atoms with Gasteiger partial charge in [-0.05, 0) is 62.6 Å². The molecule has 0 unspecified atom stereocenters. The van der Waals surface area contributed by atoms with Crippen molar-refractivity contribution in [2.45, 2.75) is 32.8 Å². The zero-order valence-electron chi connectivity index (χ0n) is 18.3. The van der Waals surface area contributed by atoms with Crippen molar-refractivity contribution in [3.05, 3.63) is 80.6 Å².